The second kappa shape index (κ2) is 5.11. The zero-order valence-electron chi connectivity index (χ0n) is 9.68. The molecule has 0 saturated carbocycles. The van der Waals surface area contributed by atoms with Gasteiger partial charge in [-0.15, -0.1) is 0 Å². The van der Waals surface area contributed by atoms with Gasteiger partial charge >= 0.3 is 0 Å². The highest BCUT2D eigenvalue weighted by Crippen LogP contribution is 2.44. The summed E-state index contributed by atoms with van der Waals surface area (Å²) < 4.78 is 11.9. The lowest BCUT2D eigenvalue weighted by molar-refractivity contribution is 0.410. The van der Waals surface area contributed by atoms with Gasteiger partial charge in [-0.05, 0) is 32.0 Å². The van der Waals surface area contributed by atoms with E-state index in [1.807, 2.05) is 21.0 Å². The fourth-order valence-corrected chi connectivity index (χ4v) is 3.94. The fourth-order valence-electron chi connectivity index (χ4n) is 1.87. The van der Waals surface area contributed by atoms with Crippen LogP contribution in [0.1, 0.15) is 13.3 Å². The second-order valence-corrected chi connectivity index (χ2v) is 6.83. The Bertz CT molecular complexity index is 321. The Morgan fingerprint density at radius 3 is 2.73 bits per heavy atom. The molecule has 1 aliphatic carbocycles. The number of nitrogens with zero attached hydrogens (tertiary/aromatic N) is 1. The summed E-state index contributed by atoms with van der Waals surface area (Å²) in [5, 5.41) is 0. The van der Waals surface area contributed by atoms with Crippen LogP contribution in [0.5, 0.6) is 0 Å². The topological polar surface area (TPSA) is 40.5 Å². The highest BCUT2D eigenvalue weighted by atomic mass is 31.2. The van der Waals surface area contributed by atoms with Gasteiger partial charge in [-0.2, -0.15) is 0 Å². The van der Waals surface area contributed by atoms with E-state index in [0.29, 0.717) is 6.16 Å². The van der Waals surface area contributed by atoms with Crippen LogP contribution in [0.3, 0.4) is 0 Å². The molecule has 4 heteroatoms. The maximum Gasteiger partial charge on any atom is 0.214 e. The second-order valence-electron chi connectivity index (χ2n) is 4.49. The quantitative estimate of drug-likeness (QED) is 0.735. The summed E-state index contributed by atoms with van der Waals surface area (Å²) in [6.45, 7) is 2.01. The van der Waals surface area contributed by atoms with Crippen LogP contribution in [-0.4, -0.2) is 36.3 Å². The minimum absolute atomic E-state index is 0.180. The van der Waals surface area contributed by atoms with Crippen molar-refractivity contribution in [3.63, 3.8) is 0 Å². The first-order chi connectivity index (χ1) is 6.91. The van der Waals surface area contributed by atoms with E-state index in [1.165, 1.54) is 5.57 Å². The minimum atomic E-state index is -3.01. The van der Waals surface area contributed by atoms with Crippen LogP contribution in [0, 0.1) is 5.92 Å². The molecule has 1 rings (SSSR count). The van der Waals surface area contributed by atoms with Gasteiger partial charge in [-0.25, -0.2) is 0 Å². The summed E-state index contributed by atoms with van der Waals surface area (Å²) in [5.41, 5.74) is 1.20. The average molecular weight is 229 g/mol. The molecule has 0 radical (unpaired) electrons. The van der Waals surface area contributed by atoms with Gasteiger partial charge in [0.05, 0.1) is 6.29 Å². The third-order valence-corrected chi connectivity index (χ3v) is 4.56. The molecular weight excluding hydrogens is 209 g/mol. The highest BCUT2D eigenvalue weighted by molar-refractivity contribution is 7.57. The molecule has 2 atom stereocenters. The zero-order valence-corrected chi connectivity index (χ0v) is 10.6. The van der Waals surface area contributed by atoms with Gasteiger partial charge in [0.1, 0.15) is 0 Å². The molecule has 3 nitrogen and oxygen atoms in total. The molecule has 2 unspecified atom stereocenters. The van der Waals surface area contributed by atoms with E-state index in [0.717, 1.165) is 6.42 Å². The van der Waals surface area contributed by atoms with E-state index < -0.39 is 7.37 Å². The molecule has 15 heavy (non-hydrogen) atoms. The summed E-state index contributed by atoms with van der Waals surface area (Å²) >= 11 is 0. The van der Waals surface area contributed by atoms with E-state index in [9.17, 15) is 9.46 Å². The van der Waals surface area contributed by atoms with Gasteiger partial charge in [0, 0.05) is 6.16 Å². The summed E-state index contributed by atoms with van der Waals surface area (Å²) in [6, 6.07) is 0. The van der Waals surface area contributed by atoms with Gasteiger partial charge < -0.3 is 9.79 Å². The lowest BCUT2D eigenvalue weighted by Gasteiger charge is -2.20. The first-order valence-corrected chi connectivity index (χ1v) is 7.26. The van der Waals surface area contributed by atoms with Crippen LogP contribution >= 0.6 is 7.37 Å². The summed E-state index contributed by atoms with van der Waals surface area (Å²) in [7, 11) is 0.637. The number of hydrogen-bond acceptors (Lipinski definition) is 2. The molecule has 0 aromatic carbocycles. The third kappa shape index (κ3) is 4.33. The standard InChI is InChI=1S/C11H20NO2P/c1-10(11-6-4-5-7-11)8-15(13,14)9-12(2)3/h4,6-7,10H,5,8-9H2,1-3H3,(H,13,14). The molecule has 1 aliphatic rings. The van der Waals surface area contributed by atoms with Crippen molar-refractivity contribution < 1.29 is 9.46 Å². The molecule has 0 aliphatic heterocycles. The molecule has 0 amide bonds. The van der Waals surface area contributed by atoms with Crippen LogP contribution in [0.4, 0.5) is 0 Å². The van der Waals surface area contributed by atoms with Crippen molar-refractivity contribution in [1.82, 2.24) is 4.90 Å². The average Bonchev–Trinajstić information content (AvgIpc) is 2.50. The normalized spacial score (nSPS) is 21.5. The highest BCUT2D eigenvalue weighted by Gasteiger charge is 2.24. The van der Waals surface area contributed by atoms with Crippen molar-refractivity contribution >= 4 is 7.37 Å². The number of allylic oxidation sites excluding steroid dienone is 4. The Labute approximate surface area is 91.9 Å². The van der Waals surface area contributed by atoms with Gasteiger partial charge in [-0.1, -0.05) is 25.2 Å². The minimum Gasteiger partial charge on any atom is -0.343 e. The molecule has 1 N–H and O–H groups in total. The van der Waals surface area contributed by atoms with E-state index in [1.54, 1.807) is 4.90 Å². The predicted octanol–water partition coefficient (Wildman–Crippen LogP) is 2.30. The van der Waals surface area contributed by atoms with Crippen molar-refractivity contribution in [2.24, 2.45) is 5.92 Å². The maximum atomic E-state index is 11.9. The molecule has 86 valence electrons. The number of hydrogen-bond donors (Lipinski definition) is 1. The van der Waals surface area contributed by atoms with E-state index in [2.05, 4.69) is 18.2 Å². The van der Waals surface area contributed by atoms with Crippen molar-refractivity contribution in [3.05, 3.63) is 23.8 Å². The van der Waals surface area contributed by atoms with E-state index in [-0.39, 0.29) is 12.2 Å². The van der Waals surface area contributed by atoms with Crippen LogP contribution in [0.2, 0.25) is 0 Å². The Morgan fingerprint density at radius 2 is 2.27 bits per heavy atom. The number of rotatable bonds is 5. The van der Waals surface area contributed by atoms with Crippen molar-refractivity contribution in [3.8, 4) is 0 Å². The molecule has 0 fully saturated rings. The molecule has 0 heterocycles. The van der Waals surface area contributed by atoms with Crippen molar-refractivity contribution in [1.29, 1.82) is 0 Å². The Kier molecular flexibility index (Phi) is 4.32. The lowest BCUT2D eigenvalue weighted by Crippen LogP contribution is -2.17. The SMILES string of the molecule is CC(CP(=O)(O)CN(C)C)C1=CCC=C1. The Hall–Kier alpha value is -0.370. The van der Waals surface area contributed by atoms with Crippen LogP contribution in [0.15, 0.2) is 23.8 Å². The Morgan fingerprint density at radius 1 is 1.60 bits per heavy atom. The molecule has 0 spiro atoms. The third-order valence-electron chi connectivity index (χ3n) is 2.43. The van der Waals surface area contributed by atoms with Crippen molar-refractivity contribution in [2.75, 3.05) is 26.5 Å². The van der Waals surface area contributed by atoms with Crippen molar-refractivity contribution in [2.45, 2.75) is 13.3 Å². The summed E-state index contributed by atoms with van der Waals surface area (Å²) in [4.78, 5) is 11.5. The summed E-state index contributed by atoms with van der Waals surface area (Å²) in [5.74, 6) is 0.180. The van der Waals surface area contributed by atoms with E-state index >= 15 is 0 Å². The summed E-state index contributed by atoms with van der Waals surface area (Å²) in [6.07, 6.45) is 7.87. The van der Waals surface area contributed by atoms with Gasteiger partial charge in [-0.3, -0.25) is 4.57 Å². The lowest BCUT2D eigenvalue weighted by atomic mass is 10.1. The maximum absolute atomic E-state index is 11.9. The van der Waals surface area contributed by atoms with Gasteiger partial charge in [0.15, 0.2) is 0 Å². The predicted molar refractivity (Wildman–Crippen MR) is 64.3 cm³/mol. The van der Waals surface area contributed by atoms with Crippen LogP contribution < -0.4 is 0 Å². The first-order valence-electron chi connectivity index (χ1n) is 5.23. The fraction of sp³-hybridized carbons (Fsp3) is 0.636. The molecule has 0 bridgehead atoms. The first kappa shape index (κ1) is 12.7. The molecular formula is C11H20NO2P. The molecule has 0 saturated heterocycles. The largest absolute Gasteiger partial charge is 0.343 e. The van der Waals surface area contributed by atoms with Gasteiger partial charge in [0.25, 0.3) is 0 Å². The van der Waals surface area contributed by atoms with Crippen LogP contribution in [-0.2, 0) is 4.57 Å². The monoisotopic (exact) mass is 229 g/mol. The smallest absolute Gasteiger partial charge is 0.214 e. The molecule has 0 aromatic rings. The van der Waals surface area contributed by atoms with Gasteiger partial charge in [0.2, 0.25) is 7.37 Å². The van der Waals surface area contributed by atoms with E-state index in [4.69, 9.17) is 0 Å². The zero-order chi connectivity index (χ0) is 11.5. The Balaban J connectivity index is 2.53. The molecule has 0 aromatic heterocycles. The van der Waals surface area contributed by atoms with Crippen LogP contribution in [0.25, 0.3) is 0 Å².